The van der Waals surface area contributed by atoms with E-state index in [-0.39, 0.29) is 5.91 Å². The van der Waals surface area contributed by atoms with Gasteiger partial charge >= 0.3 is 0 Å². The number of nitrogens with two attached hydrogens (primary N) is 1. The van der Waals surface area contributed by atoms with Crippen molar-refractivity contribution in [3.8, 4) is 0 Å². The first-order chi connectivity index (χ1) is 11.0. The summed E-state index contributed by atoms with van der Waals surface area (Å²) in [5, 5.41) is 7.03. The molecule has 0 atom stereocenters. The van der Waals surface area contributed by atoms with Crippen LogP contribution in [0.2, 0.25) is 10.0 Å². The second-order valence-corrected chi connectivity index (χ2v) is 6.45. The highest BCUT2D eigenvalue weighted by Crippen LogP contribution is 2.34. The van der Waals surface area contributed by atoms with Gasteiger partial charge in [0.1, 0.15) is 4.83 Å². The van der Waals surface area contributed by atoms with Gasteiger partial charge in [-0.05, 0) is 18.2 Å². The maximum atomic E-state index is 11.7. The molecule has 0 fully saturated rings. The first kappa shape index (κ1) is 15.8. The van der Waals surface area contributed by atoms with Gasteiger partial charge in [0, 0.05) is 24.3 Å². The first-order valence-corrected chi connectivity index (χ1v) is 8.05. The van der Waals surface area contributed by atoms with Crippen LogP contribution in [0.4, 0.5) is 17.3 Å². The van der Waals surface area contributed by atoms with E-state index in [1.165, 1.54) is 11.3 Å². The van der Waals surface area contributed by atoms with Crippen LogP contribution in [0.5, 0.6) is 0 Å². The van der Waals surface area contributed by atoms with Gasteiger partial charge in [-0.1, -0.05) is 23.2 Å². The summed E-state index contributed by atoms with van der Waals surface area (Å²) in [7, 11) is 1.58. The van der Waals surface area contributed by atoms with Crippen molar-refractivity contribution >= 4 is 68.0 Å². The van der Waals surface area contributed by atoms with Gasteiger partial charge < -0.3 is 16.4 Å². The van der Waals surface area contributed by atoms with Crippen LogP contribution in [0.15, 0.2) is 24.4 Å². The number of nitrogen functional groups attached to an aromatic ring is 1. The van der Waals surface area contributed by atoms with Gasteiger partial charge in [0.15, 0.2) is 0 Å². The molecule has 6 nitrogen and oxygen atoms in total. The number of thiophene rings is 1. The fourth-order valence-corrected chi connectivity index (χ4v) is 3.28. The molecule has 1 aromatic carbocycles. The number of nitrogens with one attached hydrogen (secondary N) is 2. The van der Waals surface area contributed by atoms with Crippen molar-refractivity contribution < 1.29 is 4.79 Å². The predicted molar refractivity (Wildman–Crippen MR) is 95.0 cm³/mol. The summed E-state index contributed by atoms with van der Waals surface area (Å²) in [5.41, 5.74) is 6.74. The summed E-state index contributed by atoms with van der Waals surface area (Å²) in [4.78, 5) is 21.5. The minimum atomic E-state index is -0.159. The number of hydrogen-bond donors (Lipinski definition) is 3. The molecule has 0 saturated heterocycles. The van der Waals surface area contributed by atoms with Gasteiger partial charge in [0.25, 0.3) is 5.91 Å². The van der Waals surface area contributed by atoms with Gasteiger partial charge in [0.05, 0.1) is 20.6 Å². The number of benzene rings is 1. The quantitative estimate of drug-likeness (QED) is 0.613. The van der Waals surface area contributed by atoms with Crippen LogP contribution in [0.1, 0.15) is 9.67 Å². The summed E-state index contributed by atoms with van der Waals surface area (Å²) in [5.74, 6) is 0.180. The summed E-state index contributed by atoms with van der Waals surface area (Å²) < 4.78 is 0. The average molecular weight is 368 g/mol. The van der Waals surface area contributed by atoms with E-state index in [0.29, 0.717) is 37.1 Å². The highest BCUT2D eigenvalue weighted by molar-refractivity contribution is 7.20. The van der Waals surface area contributed by atoms with Crippen molar-refractivity contribution in [2.75, 3.05) is 18.1 Å². The number of nitrogens with zero attached hydrogens (tertiary/aromatic N) is 2. The normalized spacial score (nSPS) is 10.7. The van der Waals surface area contributed by atoms with Crippen LogP contribution in [0.3, 0.4) is 0 Å². The Balaban J connectivity index is 1.96. The molecule has 0 radical (unpaired) electrons. The van der Waals surface area contributed by atoms with Crippen molar-refractivity contribution in [1.82, 2.24) is 15.3 Å². The lowest BCUT2D eigenvalue weighted by atomic mass is 10.3. The number of hydrogen-bond acceptors (Lipinski definition) is 6. The van der Waals surface area contributed by atoms with Gasteiger partial charge in [0.2, 0.25) is 5.95 Å². The maximum absolute atomic E-state index is 11.7. The third-order valence-electron chi connectivity index (χ3n) is 3.02. The summed E-state index contributed by atoms with van der Waals surface area (Å²) in [6.07, 6.45) is 1.63. The molecule has 4 N–H and O–H groups in total. The monoisotopic (exact) mass is 367 g/mol. The van der Waals surface area contributed by atoms with E-state index < -0.39 is 0 Å². The highest BCUT2D eigenvalue weighted by Gasteiger charge is 2.12. The van der Waals surface area contributed by atoms with Crippen LogP contribution in [-0.2, 0) is 0 Å². The second-order valence-electron chi connectivity index (χ2n) is 4.63. The molecule has 0 spiro atoms. The summed E-state index contributed by atoms with van der Waals surface area (Å²) in [6.45, 7) is 0. The average Bonchev–Trinajstić information content (AvgIpc) is 2.94. The zero-order valence-corrected chi connectivity index (χ0v) is 14.2. The van der Waals surface area contributed by atoms with Crippen molar-refractivity contribution in [1.29, 1.82) is 0 Å². The van der Waals surface area contributed by atoms with E-state index in [4.69, 9.17) is 28.9 Å². The zero-order valence-electron chi connectivity index (χ0n) is 11.9. The third-order valence-corrected chi connectivity index (χ3v) is 4.87. The maximum Gasteiger partial charge on any atom is 0.261 e. The number of rotatable bonds is 3. The molecule has 2 aromatic heterocycles. The number of halogens is 2. The largest absolute Gasteiger partial charge is 0.399 e. The Bertz CT molecular complexity index is 912. The van der Waals surface area contributed by atoms with Crippen LogP contribution < -0.4 is 16.4 Å². The molecule has 23 heavy (non-hydrogen) atoms. The third kappa shape index (κ3) is 3.17. The number of aromatic nitrogens is 2. The molecule has 0 aliphatic carbocycles. The number of carbonyl (C=O) groups excluding carboxylic acids is 1. The molecule has 3 aromatic rings. The standard InChI is InChI=1S/C14H11Cl2N5OS/c1-18-12(22)10-2-6-5-19-14(21-13(6)23-10)20-9-4-7(17)3-8(15)11(9)16/h2-5H,17H2,1H3,(H,18,22)(H,19,20,21). The lowest BCUT2D eigenvalue weighted by Gasteiger charge is -2.09. The number of fused-ring (bicyclic) bond motifs is 1. The van der Waals surface area contributed by atoms with Gasteiger partial charge in [-0.25, -0.2) is 9.97 Å². The number of amides is 1. The van der Waals surface area contributed by atoms with Crippen LogP contribution in [0.25, 0.3) is 10.2 Å². The molecule has 1 amide bonds. The van der Waals surface area contributed by atoms with Crippen LogP contribution in [-0.4, -0.2) is 22.9 Å². The predicted octanol–water partition coefficient (Wildman–Crippen LogP) is 3.68. The lowest BCUT2D eigenvalue weighted by molar-refractivity contribution is 0.0967. The topological polar surface area (TPSA) is 92.9 Å². The van der Waals surface area contributed by atoms with E-state index in [1.807, 2.05) is 0 Å². The number of anilines is 3. The highest BCUT2D eigenvalue weighted by atomic mass is 35.5. The summed E-state index contributed by atoms with van der Waals surface area (Å²) in [6, 6.07) is 4.95. The molecule has 0 aliphatic rings. The van der Waals surface area contributed by atoms with Gasteiger partial charge in [-0.15, -0.1) is 11.3 Å². The Morgan fingerprint density at radius 3 is 2.83 bits per heavy atom. The van der Waals surface area contributed by atoms with Crippen molar-refractivity contribution in [2.45, 2.75) is 0 Å². The minimum absolute atomic E-state index is 0.159. The molecule has 2 heterocycles. The molecular formula is C14H11Cl2N5OS. The van der Waals surface area contributed by atoms with E-state index in [1.54, 1.807) is 31.4 Å². The van der Waals surface area contributed by atoms with Crippen LogP contribution >= 0.6 is 34.5 Å². The van der Waals surface area contributed by atoms with E-state index >= 15 is 0 Å². The molecule has 0 bridgehead atoms. The van der Waals surface area contributed by atoms with Crippen molar-refractivity contribution in [2.24, 2.45) is 0 Å². The fourth-order valence-electron chi connectivity index (χ4n) is 1.95. The SMILES string of the molecule is CNC(=O)c1cc2cnc(Nc3cc(N)cc(Cl)c3Cl)nc2s1. The van der Waals surface area contributed by atoms with Crippen molar-refractivity contribution in [3.05, 3.63) is 39.3 Å². The van der Waals surface area contributed by atoms with E-state index in [2.05, 4.69) is 20.6 Å². The molecule has 3 rings (SSSR count). The first-order valence-electron chi connectivity index (χ1n) is 6.48. The zero-order chi connectivity index (χ0) is 16.6. The molecule has 0 unspecified atom stereocenters. The molecule has 0 aliphatic heterocycles. The van der Waals surface area contributed by atoms with Crippen LogP contribution in [0, 0.1) is 0 Å². The minimum Gasteiger partial charge on any atom is -0.399 e. The Morgan fingerprint density at radius 2 is 2.09 bits per heavy atom. The smallest absolute Gasteiger partial charge is 0.261 e. The molecule has 118 valence electrons. The van der Waals surface area contributed by atoms with Crippen molar-refractivity contribution in [3.63, 3.8) is 0 Å². The van der Waals surface area contributed by atoms with Gasteiger partial charge in [-0.3, -0.25) is 4.79 Å². The molecular weight excluding hydrogens is 357 g/mol. The molecule has 9 heteroatoms. The Hall–Kier alpha value is -2.09. The lowest BCUT2D eigenvalue weighted by Crippen LogP contribution is -2.15. The molecule has 0 saturated carbocycles. The van der Waals surface area contributed by atoms with E-state index in [9.17, 15) is 4.79 Å². The fraction of sp³-hybridized carbons (Fsp3) is 0.0714. The Kier molecular flexibility index (Phi) is 4.25. The number of carbonyl (C=O) groups is 1. The second kappa shape index (κ2) is 6.19. The van der Waals surface area contributed by atoms with E-state index in [0.717, 1.165) is 5.39 Å². The van der Waals surface area contributed by atoms with Gasteiger partial charge in [-0.2, -0.15) is 0 Å². The summed E-state index contributed by atoms with van der Waals surface area (Å²) >= 11 is 13.4. The Morgan fingerprint density at radius 1 is 1.30 bits per heavy atom. The Labute approximate surface area is 145 Å².